The average molecular weight is 297 g/mol. The van der Waals surface area contributed by atoms with Crippen molar-refractivity contribution >= 4 is 40.6 Å². The van der Waals surface area contributed by atoms with Gasteiger partial charge in [0.1, 0.15) is 5.82 Å². The van der Waals surface area contributed by atoms with E-state index in [0.717, 1.165) is 11.1 Å². The summed E-state index contributed by atoms with van der Waals surface area (Å²) in [7, 11) is 0. The molecule has 1 aromatic heterocycles. The van der Waals surface area contributed by atoms with E-state index in [-0.39, 0.29) is 10.7 Å². The van der Waals surface area contributed by atoms with Gasteiger partial charge in [0.2, 0.25) is 5.91 Å². The number of nitrogens with zero attached hydrogens (tertiary/aromatic N) is 1. The minimum atomic E-state index is -0.571. The molecule has 0 saturated carbocycles. The van der Waals surface area contributed by atoms with Gasteiger partial charge in [0.05, 0.1) is 16.4 Å². The van der Waals surface area contributed by atoms with E-state index in [4.69, 9.17) is 11.6 Å². The van der Waals surface area contributed by atoms with Gasteiger partial charge in [-0.3, -0.25) is 4.79 Å². The van der Waals surface area contributed by atoms with Gasteiger partial charge in [-0.15, -0.1) is 11.3 Å². The molecule has 0 aliphatic heterocycles. The molecule has 1 aromatic carbocycles. The van der Waals surface area contributed by atoms with Crippen molar-refractivity contribution in [3.05, 3.63) is 51.2 Å². The number of halogens is 2. The van der Waals surface area contributed by atoms with Crippen LogP contribution in [-0.4, -0.2) is 10.9 Å². The maximum atomic E-state index is 13.4. The van der Waals surface area contributed by atoms with Crippen LogP contribution in [0.1, 0.15) is 10.7 Å². The molecule has 6 heteroatoms. The first-order chi connectivity index (χ1) is 9.04. The number of hydrogen-bond acceptors (Lipinski definition) is 3. The van der Waals surface area contributed by atoms with E-state index < -0.39 is 11.7 Å². The third-order valence-electron chi connectivity index (χ3n) is 2.23. The van der Waals surface area contributed by atoms with Crippen molar-refractivity contribution in [3.8, 4) is 0 Å². The minimum Gasteiger partial charge on any atom is -0.320 e. The standard InChI is InChI=1S/C13H10ClFN2OS/c1-8-16-10(7-19-8)3-5-13(18)17-12-4-2-9(14)6-11(12)15/h2-7H,1H3,(H,17,18)/b5-3+. The number of benzene rings is 1. The molecule has 1 amide bonds. The van der Waals surface area contributed by atoms with Crippen LogP contribution < -0.4 is 5.32 Å². The molecule has 0 aliphatic rings. The number of rotatable bonds is 3. The lowest BCUT2D eigenvalue weighted by Gasteiger charge is -2.03. The molecule has 0 bridgehead atoms. The Kier molecular flexibility index (Phi) is 4.29. The van der Waals surface area contributed by atoms with Crippen LogP contribution in [0.5, 0.6) is 0 Å². The molecule has 0 radical (unpaired) electrons. The molecule has 3 nitrogen and oxygen atoms in total. The van der Waals surface area contributed by atoms with Crippen LogP contribution in [0, 0.1) is 12.7 Å². The van der Waals surface area contributed by atoms with Crippen LogP contribution in [-0.2, 0) is 4.79 Å². The fraction of sp³-hybridized carbons (Fsp3) is 0.0769. The zero-order valence-electron chi connectivity index (χ0n) is 9.98. The van der Waals surface area contributed by atoms with Gasteiger partial charge >= 0.3 is 0 Å². The summed E-state index contributed by atoms with van der Waals surface area (Å²) in [5, 5.41) is 5.47. The first-order valence-corrected chi connectivity index (χ1v) is 6.66. The van der Waals surface area contributed by atoms with E-state index in [0.29, 0.717) is 5.69 Å². The van der Waals surface area contributed by atoms with Gasteiger partial charge < -0.3 is 5.32 Å². The first kappa shape index (κ1) is 13.7. The Hall–Kier alpha value is -1.72. The fourth-order valence-electron chi connectivity index (χ4n) is 1.38. The second kappa shape index (κ2) is 5.95. The summed E-state index contributed by atoms with van der Waals surface area (Å²) in [6.07, 6.45) is 2.88. The monoisotopic (exact) mass is 296 g/mol. The third-order valence-corrected chi connectivity index (χ3v) is 3.26. The number of anilines is 1. The van der Waals surface area contributed by atoms with Crippen LogP contribution in [0.4, 0.5) is 10.1 Å². The van der Waals surface area contributed by atoms with Gasteiger partial charge in [-0.25, -0.2) is 9.37 Å². The maximum Gasteiger partial charge on any atom is 0.248 e. The number of thiazole rings is 1. The van der Waals surface area contributed by atoms with E-state index >= 15 is 0 Å². The molecule has 19 heavy (non-hydrogen) atoms. The quantitative estimate of drug-likeness (QED) is 0.873. The second-order valence-electron chi connectivity index (χ2n) is 3.74. The van der Waals surface area contributed by atoms with Crippen molar-refractivity contribution in [2.75, 3.05) is 5.32 Å². The number of hydrogen-bond donors (Lipinski definition) is 1. The normalized spacial score (nSPS) is 10.9. The van der Waals surface area contributed by atoms with Gasteiger partial charge in [0.25, 0.3) is 0 Å². The van der Waals surface area contributed by atoms with Crippen molar-refractivity contribution < 1.29 is 9.18 Å². The number of carbonyl (C=O) groups is 1. The van der Waals surface area contributed by atoms with Crippen LogP contribution in [0.25, 0.3) is 6.08 Å². The molecule has 0 atom stereocenters. The molecule has 0 saturated heterocycles. The summed E-state index contributed by atoms with van der Waals surface area (Å²) in [6, 6.07) is 4.06. The lowest BCUT2D eigenvalue weighted by Crippen LogP contribution is -2.09. The highest BCUT2D eigenvalue weighted by Gasteiger charge is 2.05. The Balaban J connectivity index is 2.03. The van der Waals surface area contributed by atoms with E-state index in [1.165, 1.54) is 29.5 Å². The van der Waals surface area contributed by atoms with Gasteiger partial charge in [-0.05, 0) is 31.2 Å². The highest BCUT2D eigenvalue weighted by atomic mass is 35.5. The molecule has 0 aliphatic carbocycles. The number of aromatic nitrogens is 1. The van der Waals surface area contributed by atoms with Gasteiger partial charge in [0.15, 0.2) is 0 Å². The van der Waals surface area contributed by atoms with E-state index in [9.17, 15) is 9.18 Å². The number of carbonyl (C=O) groups excluding carboxylic acids is 1. The average Bonchev–Trinajstić information content (AvgIpc) is 2.76. The van der Waals surface area contributed by atoms with E-state index in [1.54, 1.807) is 6.08 Å². The lowest BCUT2D eigenvalue weighted by molar-refractivity contribution is -0.111. The molecule has 2 aromatic rings. The smallest absolute Gasteiger partial charge is 0.248 e. The molecular formula is C13H10ClFN2OS. The zero-order chi connectivity index (χ0) is 13.8. The number of aryl methyl sites for hydroxylation is 1. The van der Waals surface area contributed by atoms with E-state index in [2.05, 4.69) is 10.3 Å². The molecule has 0 spiro atoms. The molecular weight excluding hydrogens is 287 g/mol. The Morgan fingerprint density at radius 2 is 2.32 bits per heavy atom. The second-order valence-corrected chi connectivity index (χ2v) is 5.24. The van der Waals surface area contributed by atoms with Crippen LogP contribution >= 0.6 is 22.9 Å². The van der Waals surface area contributed by atoms with Crippen molar-refractivity contribution in [2.24, 2.45) is 0 Å². The molecule has 1 heterocycles. The van der Waals surface area contributed by atoms with Gasteiger partial charge in [-0.1, -0.05) is 11.6 Å². The van der Waals surface area contributed by atoms with Crippen molar-refractivity contribution in [1.29, 1.82) is 0 Å². The van der Waals surface area contributed by atoms with Crippen LogP contribution in [0.2, 0.25) is 5.02 Å². The van der Waals surface area contributed by atoms with Crippen LogP contribution in [0.3, 0.4) is 0 Å². The molecule has 0 fully saturated rings. The summed E-state index contributed by atoms with van der Waals surface area (Å²) in [5.74, 6) is -0.995. The zero-order valence-corrected chi connectivity index (χ0v) is 11.6. The number of amides is 1. The van der Waals surface area contributed by atoms with Crippen molar-refractivity contribution in [1.82, 2.24) is 4.98 Å². The Morgan fingerprint density at radius 3 is 2.95 bits per heavy atom. The van der Waals surface area contributed by atoms with Crippen LogP contribution in [0.15, 0.2) is 29.7 Å². The van der Waals surface area contributed by atoms with E-state index in [1.807, 2.05) is 12.3 Å². The summed E-state index contributed by atoms with van der Waals surface area (Å²) in [4.78, 5) is 15.8. The Morgan fingerprint density at radius 1 is 1.53 bits per heavy atom. The fourth-order valence-corrected chi connectivity index (χ4v) is 2.12. The minimum absolute atomic E-state index is 0.0912. The molecule has 98 valence electrons. The number of nitrogens with one attached hydrogen (secondary N) is 1. The Bertz CT molecular complexity index is 639. The lowest BCUT2D eigenvalue weighted by atomic mass is 10.3. The van der Waals surface area contributed by atoms with Gasteiger partial charge in [-0.2, -0.15) is 0 Å². The largest absolute Gasteiger partial charge is 0.320 e. The highest BCUT2D eigenvalue weighted by Crippen LogP contribution is 2.18. The molecule has 0 unspecified atom stereocenters. The summed E-state index contributed by atoms with van der Waals surface area (Å²) in [6.45, 7) is 1.88. The topological polar surface area (TPSA) is 42.0 Å². The summed E-state index contributed by atoms with van der Waals surface area (Å²) in [5.41, 5.74) is 0.794. The molecule has 2 rings (SSSR count). The maximum absolute atomic E-state index is 13.4. The first-order valence-electron chi connectivity index (χ1n) is 5.41. The predicted octanol–water partition coefficient (Wildman–Crippen LogP) is 3.90. The summed E-state index contributed by atoms with van der Waals surface area (Å²) >= 11 is 7.12. The van der Waals surface area contributed by atoms with Crippen molar-refractivity contribution in [3.63, 3.8) is 0 Å². The summed E-state index contributed by atoms with van der Waals surface area (Å²) < 4.78 is 13.4. The Labute approximate surface area is 118 Å². The van der Waals surface area contributed by atoms with Gasteiger partial charge in [0, 0.05) is 16.5 Å². The third kappa shape index (κ3) is 3.87. The highest BCUT2D eigenvalue weighted by molar-refractivity contribution is 7.09. The SMILES string of the molecule is Cc1nc(/C=C/C(=O)Nc2ccc(Cl)cc2F)cs1. The predicted molar refractivity (Wildman–Crippen MR) is 75.9 cm³/mol. The molecule has 1 N–H and O–H groups in total. The van der Waals surface area contributed by atoms with Crippen molar-refractivity contribution in [2.45, 2.75) is 6.92 Å².